The molecule has 6 heteroatoms. The van der Waals surface area contributed by atoms with Gasteiger partial charge in [0, 0.05) is 43.4 Å². The van der Waals surface area contributed by atoms with Gasteiger partial charge >= 0.3 is 0 Å². The molecule has 1 unspecified atom stereocenters. The summed E-state index contributed by atoms with van der Waals surface area (Å²) in [6.45, 7) is 4.39. The van der Waals surface area contributed by atoms with Gasteiger partial charge in [-0.3, -0.25) is 9.69 Å². The highest BCUT2D eigenvalue weighted by atomic mass is 32.2. The zero-order valence-corrected chi connectivity index (χ0v) is 14.2. The Morgan fingerprint density at radius 2 is 2.18 bits per heavy atom. The molecule has 126 valence electrons. The second-order valence-electron chi connectivity index (χ2n) is 6.96. The average Bonchev–Trinajstić information content (AvgIpc) is 3.17. The van der Waals surface area contributed by atoms with E-state index in [1.165, 1.54) is 18.6 Å². The molecule has 1 amide bonds. The highest BCUT2D eigenvalue weighted by molar-refractivity contribution is 7.99. The molecule has 3 rings (SSSR count). The first-order chi connectivity index (χ1) is 10.7. The van der Waals surface area contributed by atoms with Gasteiger partial charge in [0.15, 0.2) is 0 Å². The highest BCUT2D eigenvalue weighted by Gasteiger charge is 2.41. The van der Waals surface area contributed by atoms with Crippen LogP contribution in [0.15, 0.2) is 0 Å². The van der Waals surface area contributed by atoms with Crippen molar-refractivity contribution in [3.05, 3.63) is 0 Å². The van der Waals surface area contributed by atoms with Gasteiger partial charge < -0.3 is 15.8 Å². The Bertz CT molecular complexity index is 382. The minimum atomic E-state index is 0.141. The number of morpholine rings is 1. The number of carbonyl (C=O) groups excluding carboxylic acids is 1. The van der Waals surface area contributed by atoms with Crippen LogP contribution in [0.25, 0.3) is 0 Å². The van der Waals surface area contributed by atoms with Crippen LogP contribution in [-0.4, -0.2) is 66.7 Å². The second kappa shape index (κ2) is 7.51. The molecular formula is C16H29N3O2S. The van der Waals surface area contributed by atoms with E-state index in [4.69, 9.17) is 10.5 Å². The average molecular weight is 327 g/mol. The van der Waals surface area contributed by atoms with Gasteiger partial charge in [-0.15, -0.1) is 0 Å². The van der Waals surface area contributed by atoms with Crippen molar-refractivity contribution in [3.63, 3.8) is 0 Å². The van der Waals surface area contributed by atoms with Crippen molar-refractivity contribution in [1.29, 1.82) is 0 Å². The Hall–Kier alpha value is -0.300. The number of carbonyl (C=O) groups is 1. The number of rotatable bonds is 5. The van der Waals surface area contributed by atoms with E-state index < -0.39 is 0 Å². The minimum absolute atomic E-state index is 0.141. The van der Waals surface area contributed by atoms with Crippen molar-refractivity contribution < 1.29 is 9.53 Å². The predicted molar refractivity (Wildman–Crippen MR) is 90.0 cm³/mol. The van der Waals surface area contributed by atoms with E-state index in [1.807, 2.05) is 11.8 Å². The first kappa shape index (κ1) is 16.6. The van der Waals surface area contributed by atoms with Crippen molar-refractivity contribution >= 4 is 17.7 Å². The van der Waals surface area contributed by atoms with E-state index in [2.05, 4.69) is 10.2 Å². The molecule has 2 aliphatic heterocycles. The lowest BCUT2D eigenvalue weighted by molar-refractivity contribution is -0.122. The van der Waals surface area contributed by atoms with Crippen LogP contribution in [0.4, 0.5) is 0 Å². The monoisotopic (exact) mass is 327 g/mol. The van der Waals surface area contributed by atoms with E-state index >= 15 is 0 Å². The highest BCUT2D eigenvalue weighted by Crippen LogP contribution is 2.34. The lowest BCUT2D eigenvalue weighted by Gasteiger charge is -2.43. The summed E-state index contributed by atoms with van der Waals surface area (Å²) in [5.74, 6) is 2.89. The second-order valence-corrected chi connectivity index (χ2v) is 8.07. The third kappa shape index (κ3) is 3.78. The predicted octanol–water partition coefficient (Wildman–Crippen LogP) is 0.828. The van der Waals surface area contributed by atoms with E-state index in [0.29, 0.717) is 12.3 Å². The molecule has 5 nitrogen and oxygen atoms in total. The standard InChI is InChI=1S/C16H29N3O2S/c17-14-3-1-2-13(14)10-15(20)18-11-16(4-9-22-12-16)19-5-7-21-8-6-19/h13-14H,1-12,17H2,(H,18,20)/t13-,14+,16?/m0/s1. The third-order valence-corrected chi connectivity index (χ3v) is 6.78. The molecule has 2 saturated heterocycles. The van der Waals surface area contributed by atoms with Crippen LogP contribution in [-0.2, 0) is 9.53 Å². The van der Waals surface area contributed by atoms with Gasteiger partial charge in [0.25, 0.3) is 0 Å². The lowest BCUT2D eigenvalue weighted by atomic mass is 9.94. The summed E-state index contributed by atoms with van der Waals surface area (Å²) in [5.41, 5.74) is 6.22. The van der Waals surface area contributed by atoms with Crippen molar-refractivity contribution in [3.8, 4) is 0 Å². The molecule has 0 aromatic rings. The number of nitrogens with two attached hydrogens (primary N) is 1. The Morgan fingerprint density at radius 1 is 1.36 bits per heavy atom. The number of hydrogen-bond acceptors (Lipinski definition) is 5. The Balaban J connectivity index is 1.51. The SMILES string of the molecule is N[C@@H]1CCC[C@H]1CC(=O)NCC1(N2CCOCC2)CCSC1. The first-order valence-electron chi connectivity index (χ1n) is 8.62. The van der Waals surface area contributed by atoms with Gasteiger partial charge in [-0.2, -0.15) is 11.8 Å². The van der Waals surface area contributed by atoms with Crippen LogP contribution in [0.3, 0.4) is 0 Å². The number of hydrogen-bond donors (Lipinski definition) is 2. The summed E-state index contributed by atoms with van der Waals surface area (Å²) in [4.78, 5) is 14.8. The molecule has 0 bridgehead atoms. The summed E-state index contributed by atoms with van der Waals surface area (Å²) >= 11 is 2.01. The smallest absolute Gasteiger partial charge is 0.220 e. The summed E-state index contributed by atoms with van der Waals surface area (Å²) in [6, 6.07) is 0.223. The number of amides is 1. The van der Waals surface area contributed by atoms with Crippen molar-refractivity contribution in [2.24, 2.45) is 11.7 Å². The first-order valence-corrected chi connectivity index (χ1v) is 9.78. The summed E-state index contributed by atoms with van der Waals surface area (Å²) in [6.07, 6.45) is 5.13. The molecule has 3 fully saturated rings. The zero-order valence-electron chi connectivity index (χ0n) is 13.4. The van der Waals surface area contributed by atoms with Gasteiger partial charge in [-0.25, -0.2) is 0 Å². The summed E-state index contributed by atoms with van der Waals surface area (Å²) in [5, 5.41) is 3.22. The molecule has 0 aromatic heterocycles. The molecule has 3 aliphatic rings. The topological polar surface area (TPSA) is 67.6 Å². The molecule has 3 atom stereocenters. The van der Waals surface area contributed by atoms with Crippen LogP contribution < -0.4 is 11.1 Å². The maximum Gasteiger partial charge on any atom is 0.220 e. The van der Waals surface area contributed by atoms with E-state index in [9.17, 15) is 4.79 Å². The number of nitrogens with zero attached hydrogens (tertiary/aromatic N) is 1. The molecule has 2 heterocycles. The molecule has 1 saturated carbocycles. The van der Waals surface area contributed by atoms with Crippen molar-refractivity contribution in [2.45, 2.75) is 43.7 Å². The van der Waals surface area contributed by atoms with Crippen LogP contribution >= 0.6 is 11.8 Å². The number of ether oxygens (including phenoxy) is 1. The van der Waals surface area contributed by atoms with E-state index in [0.717, 1.165) is 51.4 Å². The zero-order chi connectivity index (χ0) is 15.4. The fourth-order valence-electron chi connectivity index (χ4n) is 4.03. The lowest BCUT2D eigenvalue weighted by Crippen LogP contribution is -2.59. The fraction of sp³-hybridized carbons (Fsp3) is 0.938. The van der Waals surface area contributed by atoms with Gasteiger partial charge in [-0.05, 0) is 30.9 Å². The molecule has 0 spiro atoms. The minimum Gasteiger partial charge on any atom is -0.379 e. The van der Waals surface area contributed by atoms with Gasteiger partial charge in [0.1, 0.15) is 0 Å². The quantitative estimate of drug-likeness (QED) is 0.783. The maximum atomic E-state index is 12.3. The Labute approximate surface area is 137 Å². The molecule has 22 heavy (non-hydrogen) atoms. The largest absolute Gasteiger partial charge is 0.379 e. The van der Waals surface area contributed by atoms with Crippen molar-refractivity contribution in [1.82, 2.24) is 10.2 Å². The van der Waals surface area contributed by atoms with Crippen LogP contribution in [0.5, 0.6) is 0 Å². The Kier molecular flexibility index (Phi) is 5.65. The van der Waals surface area contributed by atoms with Crippen molar-refractivity contribution in [2.75, 3.05) is 44.4 Å². The van der Waals surface area contributed by atoms with Gasteiger partial charge in [0.2, 0.25) is 5.91 Å². The molecule has 1 aliphatic carbocycles. The molecular weight excluding hydrogens is 298 g/mol. The summed E-state index contributed by atoms with van der Waals surface area (Å²) < 4.78 is 5.48. The van der Waals surface area contributed by atoms with Gasteiger partial charge in [0.05, 0.1) is 13.2 Å². The molecule has 3 N–H and O–H groups in total. The molecule has 0 radical (unpaired) electrons. The molecule has 0 aromatic carbocycles. The summed E-state index contributed by atoms with van der Waals surface area (Å²) in [7, 11) is 0. The Morgan fingerprint density at radius 3 is 2.82 bits per heavy atom. The van der Waals surface area contributed by atoms with Crippen LogP contribution in [0, 0.1) is 5.92 Å². The number of thioether (sulfide) groups is 1. The van der Waals surface area contributed by atoms with Crippen LogP contribution in [0.2, 0.25) is 0 Å². The van der Waals surface area contributed by atoms with Gasteiger partial charge in [-0.1, -0.05) is 6.42 Å². The maximum absolute atomic E-state index is 12.3. The van der Waals surface area contributed by atoms with E-state index in [-0.39, 0.29) is 17.5 Å². The van der Waals surface area contributed by atoms with E-state index in [1.54, 1.807) is 0 Å². The third-order valence-electron chi connectivity index (χ3n) is 5.54. The van der Waals surface area contributed by atoms with Crippen LogP contribution in [0.1, 0.15) is 32.1 Å². The fourth-order valence-corrected chi connectivity index (χ4v) is 5.50. The number of nitrogens with one attached hydrogen (secondary N) is 1. The normalized spacial score (nSPS) is 36.6.